The van der Waals surface area contributed by atoms with Gasteiger partial charge in [0.1, 0.15) is 20.1 Å². The van der Waals surface area contributed by atoms with Gasteiger partial charge in [0.05, 0.1) is 8.07 Å². The number of hydrogen-bond donors (Lipinski definition) is 1. The molecule has 0 saturated carbocycles. The fraction of sp³-hybridized carbons (Fsp3) is 1.00. The average molecular weight is 229 g/mol. The molecule has 1 N–H and O–H groups in total. The van der Waals surface area contributed by atoms with Crippen molar-refractivity contribution in [1.29, 1.82) is 0 Å². The molecule has 75 valence electrons. The second-order valence-corrected chi connectivity index (χ2v) is 11.2. The smallest absolute Gasteiger partial charge is 0.132 e. The Bertz CT molecular complexity index is 107. The largest absolute Gasteiger partial charge is 0.365 e. The summed E-state index contributed by atoms with van der Waals surface area (Å²) >= 11 is 0. The Morgan fingerprint density at radius 3 is 2.08 bits per heavy atom. The van der Waals surface area contributed by atoms with Gasteiger partial charge >= 0.3 is 0 Å². The van der Waals surface area contributed by atoms with Crippen molar-refractivity contribution in [2.45, 2.75) is 57.4 Å². The van der Waals surface area contributed by atoms with E-state index >= 15 is 0 Å². The van der Waals surface area contributed by atoms with Crippen molar-refractivity contribution < 1.29 is 0 Å². The van der Waals surface area contributed by atoms with E-state index in [0.29, 0.717) is 0 Å². The van der Waals surface area contributed by atoms with E-state index in [4.69, 9.17) is 0 Å². The van der Waals surface area contributed by atoms with Crippen molar-refractivity contribution >= 4 is 28.2 Å². The molecule has 4 heteroatoms. The number of rotatable bonds is 8. The molecule has 0 aliphatic rings. The van der Waals surface area contributed by atoms with Gasteiger partial charge in [0.25, 0.3) is 0 Å². The molecule has 0 bridgehead atoms. The lowest BCUT2D eigenvalue weighted by Crippen LogP contribution is -2.31. The van der Waals surface area contributed by atoms with Gasteiger partial charge in [-0.3, -0.25) is 0 Å². The fourth-order valence-electron chi connectivity index (χ4n) is 1.89. The van der Waals surface area contributed by atoms with Crippen LogP contribution in [0.3, 0.4) is 0 Å². The minimum atomic E-state index is -0.807. The molecule has 1 nitrogen and oxygen atoms in total. The lowest BCUT2D eigenvalue weighted by Gasteiger charge is -2.27. The van der Waals surface area contributed by atoms with Gasteiger partial charge in [0, 0.05) is 0 Å². The summed E-state index contributed by atoms with van der Waals surface area (Å²) in [7, 11) is 3.38. The van der Waals surface area contributed by atoms with Gasteiger partial charge in [-0.25, -0.2) is 0 Å². The van der Waals surface area contributed by atoms with Gasteiger partial charge in [-0.05, 0) is 6.04 Å². The van der Waals surface area contributed by atoms with Crippen LogP contribution in [0.15, 0.2) is 0 Å². The van der Waals surface area contributed by atoms with E-state index in [1.807, 2.05) is 0 Å². The third kappa shape index (κ3) is 5.15. The highest BCUT2D eigenvalue weighted by Gasteiger charge is 2.25. The van der Waals surface area contributed by atoms with E-state index in [2.05, 4.69) is 35.8 Å². The normalized spacial score (nSPS) is 12.0. The molecule has 0 atom stereocenters. The first-order valence-electron chi connectivity index (χ1n) is 5.39. The predicted molar refractivity (Wildman–Crippen MR) is 66.1 cm³/mol. The topological polar surface area (TPSA) is 12.0 Å². The van der Waals surface area contributed by atoms with Gasteiger partial charge in [0.15, 0.2) is 0 Å². The van der Waals surface area contributed by atoms with E-state index in [-0.39, 0.29) is 0 Å². The quantitative estimate of drug-likeness (QED) is 0.497. The lowest BCUT2D eigenvalue weighted by atomic mass is 10.6. The molecular weight excluding hydrogens is 206 g/mol. The lowest BCUT2D eigenvalue weighted by molar-refractivity contribution is 0.980. The Kier molecular flexibility index (Phi) is 8.34. The molecule has 0 saturated heterocycles. The van der Waals surface area contributed by atoms with Crippen LogP contribution in [0.4, 0.5) is 0 Å². The van der Waals surface area contributed by atoms with E-state index in [1.165, 1.54) is 36.6 Å². The van der Waals surface area contributed by atoms with Crippen molar-refractivity contribution in [3.05, 3.63) is 0 Å². The van der Waals surface area contributed by atoms with Gasteiger partial charge in [0.2, 0.25) is 0 Å². The maximum absolute atomic E-state index is 3.30. The second kappa shape index (κ2) is 7.96. The van der Waals surface area contributed by atoms with E-state index in [1.54, 1.807) is 0 Å². The summed E-state index contributed by atoms with van der Waals surface area (Å²) in [5.41, 5.74) is 0. The van der Waals surface area contributed by atoms with Crippen LogP contribution < -0.4 is 4.65 Å². The van der Waals surface area contributed by atoms with Crippen molar-refractivity contribution in [3.63, 3.8) is 0 Å². The fourth-order valence-corrected chi connectivity index (χ4v) is 6.59. The van der Waals surface area contributed by atoms with Crippen LogP contribution in [0.5, 0.6) is 0 Å². The molecule has 0 amide bonds. The third-order valence-corrected chi connectivity index (χ3v) is 10.6. The third-order valence-electron chi connectivity index (χ3n) is 3.35. The highest BCUT2D eigenvalue weighted by Crippen LogP contribution is 2.26. The van der Waals surface area contributed by atoms with Crippen LogP contribution in [0, 0.1) is 0 Å². The van der Waals surface area contributed by atoms with Crippen LogP contribution >= 0.6 is 0 Å². The summed E-state index contributed by atoms with van der Waals surface area (Å²) < 4.78 is 3.06. The summed E-state index contributed by atoms with van der Waals surface area (Å²) in [5, 5.41) is 0. The molecule has 0 heterocycles. The number of hydrogen-bond acceptors (Lipinski definition) is 1. The summed E-state index contributed by atoms with van der Waals surface area (Å²) in [6.07, 6.45) is 1.43. The second-order valence-electron chi connectivity index (χ2n) is 3.72. The first-order chi connectivity index (χ1) is 6.24. The first kappa shape index (κ1) is 13.6. The van der Waals surface area contributed by atoms with E-state index in [9.17, 15) is 0 Å². The summed E-state index contributed by atoms with van der Waals surface area (Å²) in [5.74, 6) is 0. The zero-order valence-corrected chi connectivity index (χ0v) is 12.2. The van der Waals surface area contributed by atoms with Crippen LogP contribution in [0.2, 0.25) is 30.2 Å². The minimum Gasteiger partial charge on any atom is -0.365 e. The highest BCUT2D eigenvalue weighted by atomic mass is 28.3. The molecule has 0 unspecified atom stereocenters. The molecule has 0 aliphatic heterocycles. The molecule has 0 aliphatic carbocycles. The Morgan fingerprint density at radius 1 is 1.15 bits per heavy atom. The van der Waals surface area contributed by atoms with Crippen LogP contribution in [0.1, 0.15) is 27.2 Å². The molecular formula is C9H22NSi3. The van der Waals surface area contributed by atoms with E-state index < -0.39 is 8.07 Å². The summed E-state index contributed by atoms with van der Waals surface area (Å²) in [6.45, 7) is 7.18. The van der Waals surface area contributed by atoms with Crippen molar-refractivity contribution in [1.82, 2.24) is 4.65 Å². The summed E-state index contributed by atoms with van der Waals surface area (Å²) in [6, 6.07) is 7.31. The van der Waals surface area contributed by atoms with Gasteiger partial charge in [-0.1, -0.05) is 51.4 Å². The predicted octanol–water partition coefficient (Wildman–Crippen LogP) is 2.60. The standard InChI is InChI=1S/C9H22NSi3/c1-4-13(5-2,6-3)9-7-8-12-10-11/h10H,4-9H2,1-3H3. The Labute approximate surface area is 90.5 Å². The van der Waals surface area contributed by atoms with E-state index in [0.717, 1.165) is 9.68 Å². The minimum absolute atomic E-state index is 0.807. The first-order valence-corrected chi connectivity index (χ1v) is 9.92. The average Bonchev–Trinajstić information content (AvgIpc) is 2.20. The van der Waals surface area contributed by atoms with Crippen molar-refractivity contribution in [2.24, 2.45) is 0 Å². The SMILES string of the molecule is CC[Si](CC)(CC)CCC[Si]N[Si]. The van der Waals surface area contributed by atoms with Gasteiger partial charge < -0.3 is 4.65 Å². The molecule has 0 aromatic heterocycles. The molecule has 13 heavy (non-hydrogen) atoms. The van der Waals surface area contributed by atoms with Crippen LogP contribution in [0.25, 0.3) is 0 Å². The monoisotopic (exact) mass is 228 g/mol. The van der Waals surface area contributed by atoms with Crippen LogP contribution in [-0.2, 0) is 0 Å². The molecule has 0 fully saturated rings. The molecule has 0 aromatic rings. The zero-order valence-electron chi connectivity index (χ0n) is 9.24. The maximum Gasteiger partial charge on any atom is 0.132 e. The zero-order chi connectivity index (χ0) is 10.2. The van der Waals surface area contributed by atoms with Crippen molar-refractivity contribution in [2.75, 3.05) is 0 Å². The molecule has 0 spiro atoms. The Balaban J connectivity index is 3.68. The highest BCUT2D eigenvalue weighted by molar-refractivity contribution is 6.79. The molecule has 0 rings (SSSR count). The number of nitrogens with one attached hydrogen (secondary N) is 1. The van der Waals surface area contributed by atoms with Crippen molar-refractivity contribution in [3.8, 4) is 0 Å². The maximum atomic E-state index is 3.30. The molecule has 0 aromatic carbocycles. The van der Waals surface area contributed by atoms with Gasteiger partial charge in [-0.2, -0.15) is 0 Å². The van der Waals surface area contributed by atoms with Crippen LogP contribution in [-0.4, -0.2) is 28.2 Å². The Morgan fingerprint density at radius 2 is 1.69 bits per heavy atom. The Hall–Kier alpha value is 0.611. The summed E-state index contributed by atoms with van der Waals surface area (Å²) in [4.78, 5) is 0. The molecule has 5 radical (unpaired) electrons. The van der Waals surface area contributed by atoms with Gasteiger partial charge in [-0.15, -0.1) is 0 Å².